The number of carbonyl (C=O) groups is 1. The fraction of sp³-hybridized carbons (Fsp3) is 0.600. The number of alkyl carbamates (subject to hydrolysis) is 1. The Kier molecular flexibility index (Phi) is 6.55. The molecule has 0 aromatic carbocycles. The van der Waals surface area contributed by atoms with E-state index in [0.717, 1.165) is 0 Å². The Morgan fingerprint density at radius 3 is 2.77 bits per heavy atom. The maximum absolute atomic E-state index is 11.9. The number of nitrogens with two attached hydrogens (primary N) is 1. The monoisotopic (exact) mass is 446 g/mol. The van der Waals surface area contributed by atoms with Crippen LogP contribution in [-0.2, 0) is 14.0 Å². The van der Waals surface area contributed by atoms with E-state index in [4.69, 9.17) is 10.5 Å². The molecule has 15 heteroatoms. The van der Waals surface area contributed by atoms with Gasteiger partial charge in [-0.3, -0.25) is 9.13 Å². The van der Waals surface area contributed by atoms with E-state index in [0.29, 0.717) is 0 Å². The molecule has 3 rings (SSSR count). The average Bonchev–Trinajstić information content (AvgIpc) is 3.21. The lowest BCUT2D eigenvalue weighted by atomic mass is 10.1. The zero-order valence-corrected chi connectivity index (χ0v) is 16.8. The van der Waals surface area contributed by atoms with Gasteiger partial charge < -0.3 is 40.5 Å². The Morgan fingerprint density at radius 2 is 2.10 bits per heavy atom. The first-order chi connectivity index (χ1) is 14.1. The second-order valence-electron chi connectivity index (χ2n) is 6.71. The number of aliphatic hydroxyl groups excluding tert-OH is 2. The first-order valence-electron chi connectivity index (χ1n) is 9.04. The molecule has 0 spiro atoms. The normalized spacial score (nSPS) is 25.4. The number of ether oxygens (including phenoxy) is 2. The van der Waals surface area contributed by atoms with Crippen LogP contribution in [0, 0.1) is 0 Å². The average molecular weight is 446 g/mol. The minimum Gasteiger partial charge on any atom is -0.450 e. The van der Waals surface area contributed by atoms with Gasteiger partial charge >= 0.3 is 13.7 Å². The smallest absolute Gasteiger partial charge is 0.407 e. The summed E-state index contributed by atoms with van der Waals surface area (Å²) in [6.07, 6.45) is -3.80. The van der Waals surface area contributed by atoms with Gasteiger partial charge in [0.1, 0.15) is 24.1 Å². The van der Waals surface area contributed by atoms with E-state index in [2.05, 4.69) is 25.0 Å². The number of hydrogen-bond acceptors (Lipinski definition) is 10. The number of fused-ring (bicyclic) bond motifs is 1. The molecule has 14 nitrogen and oxygen atoms in total. The molecule has 0 aliphatic carbocycles. The van der Waals surface area contributed by atoms with Crippen LogP contribution < -0.4 is 11.1 Å². The number of nitrogens with one attached hydrogen (secondary N) is 1. The fourth-order valence-corrected chi connectivity index (χ4v) is 4.01. The number of nitrogen functional groups attached to an aromatic ring is 1. The predicted octanol–water partition coefficient (Wildman–Crippen LogP) is -1.29. The largest absolute Gasteiger partial charge is 0.450 e. The van der Waals surface area contributed by atoms with Gasteiger partial charge in [-0.05, 0) is 13.3 Å². The number of anilines is 1. The summed E-state index contributed by atoms with van der Waals surface area (Å²) >= 11 is 0. The summed E-state index contributed by atoms with van der Waals surface area (Å²) in [5.41, 5.74) is 4.90. The summed E-state index contributed by atoms with van der Waals surface area (Å²) in [6, 6.07) is 0. The Morgan fingerprint density at radius 1 is 1.37 bits per heavy atom. The minimum absolute atomic E-state index is 0.0949. The molecule has 0 radical (unpaired) electrons. The number of aromatic nitrogens is 4. The number of nitrogens with zero attached hydrogens (tertiary/aromatic N) is 4. The maximum atomic E-state index is 11.9. The summed E-state index contributed by atoms with van der Waals surface area (Å²) in [5, 5.41) is 23.1. The van der Waals surface area contributed by atoms with Crippen molar-refractivity contribution in [3.8, 4) is 0 Å². The summed E-state index contributed by atoms with van der Waals surface area (Å²) in [6.45, 7) is 1.27. The highest BCUT2D eigenvalue weighted by molar-refractivity contribution is 7.52. The van der Waals surface area contributed by atoms with Crippen LogP contribution in [0.4, 0.5) is 10.6 Å². The fourth-order valence-electron chi connectivity index (χ4n) is 3.20. The predicted molar refractivity (Wildman–Crippen MR) is 101 cm³/mol. The highest BCUT2D eigenvalue weighted by atomic mass is 31.2. The molecule has 1 aliphatic rings. The molecular weight excluding hydrogens is 423 g/mol. The highest BCUT2D eigenvalue weighted by Crippen LogP contribution is 2.45. The van der Waals surface area contributed by atoms with Crippen molar-refractivity contribution >= 4 is 30.7 Å². The van der Waals surface area contributed by atoms with E-state index < -0.39 is 50.4 Å². The molecule has 0 bridgehead atoms. The van der Waals surface area contributed by atoms with Crippen LogP contribution in [-0.4, -0.2) is 82.7 Å². The third-order valence-electron chi connectivity index (χ3n) is 4.74. The van der Waals surface area contributed by atoms with Gasteiger partial charge in [0.25, 0.3) is 0 Å². The van der Waals surface area contributed by atoms with E-state index in [1.165, 1.54) is 17.2 Å². The number of rotatable bonds is 7. The van der Waals surface area contributed by atoms with Crippen LogP contribution >= 0.6 is 7.60 Å². The van der Waals surface area contributed by atoms with Crippen molar-refractivity contribution in [1.29, 1.82) is 0 Å². The van der Waals surface area contributed by atoms with Crippen LogP contribution in [0.5, 0.6) is 0 Å². The van der Waals surface area contributed by atoms with Crippen LogP contribution in [0.15, 0.2) is 12.7 Å². The van der Waals surface area contributed by atoms with Gasteiger partial charge in [-0.1, -0.05) is 0 Å². The first kappa shape index (κ1) is 22.3. The van der Waals surface area contributed by atoms with Gasteiger partial charge in [-0.2, -0.15) is 0 Å². The number of carbonyl (C=O) groups excluding carboxylic acids is 1. The van der Waals surface area contributed by atoms with E-state index in [-0.39, 0.29) is 30.0 Å². The summed E-state index contributed by atoms with van der Waals surface area (Å²) < 4.78 is 23.6. The third kappa shape index (κ3) is 4.53. The number of imidazole rings is 1. The molecule has 30 heavy (non-hydrogen) atoms. The Bertz CT molecular complexity index is 950. The molecular formula is C15H23N6O8P. The summed E-state index contributed by atoms with van der Waals surface area (Å²) in [5.74, 6) is 0.120. The third-order valence-corrected chi connectivity index (χ3v) is 6.08. The lowest BCUT2D eigenvalue weighted by Crippen LogP contribution is -2.38. The van der Waals surface area contributed by atoms with Crippen LogP contribution in [0.3, 0.4) is 0 Å². The molecule has 2 aromatic rings. The van der Waals surface area contributed by atoms with Gasteiger partial charge in [0.05, 0.1) is 24.7 Å². The molecule has 2 aromatic heterocycles. The van der Waals surface area contributed by atoms with Crippen molar-refractivity contribution in [2.75, 3.05) is 18.9 Å². The van der Waals surface area contributed by atoms with E-state index in [1.54, 1.807) is 6.92 Å². The Hall–Kier alpha value is -2.35. The minimum atomic E-state index is -4.67. The van der Waals surface area contributed by atoms with Gasteiger partial charge in [0, 0.05) is 6.54 Å². The highest BCUT2D eigenvalue weighted by Gasteiger charge is 2.47. The standard InChI is InChI=1S/C15H23N6O8P/c1-2-28-15(24)17-4-7(30(25,26)27)3-8-10(22)11(23)14(29-8)21-6-20-9-12(16)18-5-19-13(9)21/h5-8,10-11,14,22-23H,2-4H2,1H3,(H,17,24)(H2,16,18,19)(H2,25,26,27)/t7?,8-,10-,11-,14-/m1/s1. The summed E-state index contributed by atoms with van der Waals surface area (Å²) in [7, 11) is -4.67. The second-order valence-corrected chi connectivity index (χ2v) is 8.62. The van der Waals surface area contributed by atoms with Crippen molar-refractivity contribution < 1.29 is 38.8 Å². The van der Waals surface area contributed by atoms with Crippen molar-refractivity contribution in [2.24, 2.45) is 0 Å². The molecule has 1 saturated heterocycles. The van der Waals surface area contributed by atoms with Crippen molar-refractivity contribution in [2.45, 2.75) is 43.5 Å². The Labute approximate surface area is 170 Å². The van der Waals surface area contributed by atoms with E-state index in [1.807, 2.05) is 0 Å². The molecule has 1 aliphatic heterocycles. The van der Waals surface area contributed by atoms with Crippen LogP contribution in [0.25, 0.3) is 11.2 Å². The van der Waals surface area contributed by atoms with Crippen LogP contribution in [0.1, 0.15) is 19.6 Å². The van der Waals surface area contributed by atoms with E-state index >= 15 is 0 Å². The molecule has 3 heterocycles. The van der Waals surface area contributed by atoms with E-state index in [9.17, 15) is 29.4 Å². The summed E-state index contributed by atoms with van der Waals surface area (Å²) in [4.78, 5) is 42.6. The number of hydrogen-bond donors (Lipinski definition) is 6. The molecule has 7 N–H and O–H groups in total. The van der Waals surface area contributed by atoms with Crippen molar-refractivity contribution in [1.82, 2.24) is 24.8 Å². The van der Waals surface area contributed by atoms with Gasteiger partial charge in [0.15, 0.2) is 17.7 Å². The van der Waals surface area contributed by atoms with Gasteiger partial charge in [-0.25, -0.2) is 19.7 Å². The molecule has 5 atom stereocenters. The van der Waals surface area contributed by atoms with Crippen LogP contribution in [0.2, 0.25) is 0 Å². The quantitative estimate of drug-likeness (QED) is 0.274. The Balaban J connectivity index is 1.77. The van der Waals surface area contributed by atoms with Gasteiger partial charge in [-0.15, -0.1) is 0 Å². The molecule has 166 valence electrons. The first-order valence-corrected chi connectivity index (χ1v) is 10.7. The topological polar surface area (TPSA) is 215 Å². The van der Waals surface area contributed by atoms with Crippen molar-refractivity contribution in [3.05, 3.63) is 12.7 Å². The molecule has 1 amide bonds. The molecule has 0 saturated carbocycles. The zero-order chi connectivity index (χ0) is 22.1. The zero-order valence-electron chi connectivity index (χ0n) is 15.9. The SMILES string of the molecule is CCOC(=O)NCC(C[C@H]1O[C@@H](n2cnc3c(N)ncnc32)[C@H](O)[C@@H]1O)P(=O)(O)O. The lowest BCUT2D eigenvalue weighted by Gasteiger charge is -2.23. The lowest BCUT2D eigenvalue weighted by molar-refractivity contribution is -0.0374. The van der Waals surface area contributed by atoms with Crippen molar-refractivity contribution in [3.63, 3.8) is 0 Å². The second kappa shape index (κ2) is 8.79. The number of aliphatic hydroxyl groups is 2. The van der Waals surface area contributed by atoms with Gasteiger partial charge in [0.2, 0.25) is 0 Å². The molecule has 1 fully saturated rings. The number of amides is 1. The maximum Gasteiger partial charge on any atom is 0.407 e. The molecule has 1 unspecified atom stereocenters.